The molecule has 0 atom stereocenters. The van der Waals surface area contributed by atoms with Gasteiger partial charge in [-0.3, -0.25) is 0 Å². The van der Waals surface area contributed by atoms with Gasteiger partial charge in [0.15, 0.2) is 0 Å². The second kappa shape index (κ2) is 8.07. The van der Waals surface area contributed by atoms with E-state index in [1.54, 1.807) is 18.9 Å². The maximum Gasteiger partial charge on any atom is 0.338 e. The molecule has 4 nitrogen and oxygen atoms in total. The highest BCUT2D eigenvalue weighted by molar-refractivity contribution is 7.99. The van der Waals surface area contributed by atoms with Crippen molar-refractivity contribution in [3.63, 3.8) is 0 Å². The zero-order valence-corrected chi connectivity index (χ0v) is 12.5. The highest BCUT2D eigenvalue weighted by Crippen LogP contribution is 2.30. The van der Waals surface area contributed by atoms with Crippen molar-refractivity contribution in [1.82, 2.24) is 0 Å². The third-order valence-corrected chi connectivity index (χ3v) is 3.71. The van der Waals surface area contributed by atoms with Crippen molar-refractivity contribution in [3.8, 4) is 0 Å². The zero-order chi connectivity index (χ0) is 14.3. The number of carboxylic acid groups (broad SMARTS) is 1. The first-order chi connectivity index (χ1) is 9.11. The highest BCUT2D eigenvalue weighted by Gasteiger charge is 2.17. The molecule has 0 fully saturated rings. The van der Waals surface area contributed by atoms with Crippen LogP contribution in [0.2, 0.25) is 0 Å². The first-order valence-corrected chi connectivity index (χ1v) is 7.29. The zero-order valence-electron chi connectivity index (χ0n) is 11.7. The number of rotatable bonds is 8. The number of nitrogens with zero attached hydrogens (tertiary/aromatic N) is 1. The van der Waals surface area contributed by atoms with E-state index in [-0.39, 0.29) is 0 Å². The Bertz CT molecular complexity index is 423. The molecule has 0 unspecified atom stereocenters. The van der Waals surface area contributed by atoms with Crippen LogP contribution >= 0.6 is 11.8 Å². The van der Waals surface area contributed by atoms with E-state index in [0.717, 1.165) is 29.3 Å². The Morgan fingerprint density at radius 2 is 2.21 bits per heavy atom. The Morgan fingerprint density at radius 1 is 1.47 bits per heavy atom. The Morgan fingerprint density at radius 3 is 2.79 bits per heavy atom. The van der Waals surface area contributed by atoms with Crippen LogP contribution in [0.25, 0.3) is 0 Å². The minimum atomic E-state index is -0.870. The fourth-order valence-electron chi connectivity index (χ4n) is 1.89. The van der Waals surface area contributed by atoms with Gasteiger partial charge in [-0.25, -0.2) is 4.79 Å². The van der Waals surface area contributed by atoms with Crippen molar-refractivity contribution in [2.45, 2.75) is 18.2 Å². The normalized spacial score (nSPS) is 10.5. The summed E-state index contributed by atoms with van der Waals surface area (Å²) >= 11 is 1.56. The second-order valence-electron chi connectivity index (χ2n) is 4.16. The summed E-state index contributed by atoms with van der Waals surface area (Å²) in [6.07, 6.45) is 0.872. The molecule has 0 radical (unpaired) electrons. The molecular formula is C14H21NO3S. The molecule has 0 aromatic heterocycles. The monoisotopic (exact) mass is 283 g/mol. The standard InChI is InChI=1S/C14H21NO3S/c1-4-19-12-8-5-7-11(13(12)14(16)17)15(2)9-6-10-18-3/h5,7-8H,4,6,9-10H2,1-3H3,(H,16,17). The number of carboxylic acids is 1. The fourth-order valence-corrected chi connectivity index (χ4v) is 2.72. The quantitative estimate of drug-likeness (QED) is 0.587. The third-order valence-electron chi connectivity index (χ3n) is 2.77. The topological polar surface area (TPSA) is 49.8 Å². The Labute approximate surface area is 118 Å². The Hall–Kier alpha value is -1.20. The van der Waals surface area contributed by atoms with Crippen molar-refractivity contribution in [1.29, 1.82) is 0 Å². The maximum absolute atomic E-state index is 11.5. The van der Waals surface area contributed by atoms with Crippen LogP contribution in [0.4, 0.5) is 5.69 Å². The lowest BCUT2D eigenvalue weighted by Gasteiger charge is -2.22. The van der Waals surface area contributed by atoms with Crippen LogP contribution in [0.3, 0.4) is 0 Å². The predicted molar refractivity (Wildman–Crippen MR) is 79.6 cm³/mol. The van der Waals surface area contributed by atoms with Crippen molar-refractivity contribution >= 4 is 23.4 Å². The molecular weight excluding hydrogens is 262 g/mol. The molecule has 1 N–H and O–H groups in total. The van der Waals surface area contributed by atoms with Gasteiger partial charge in [0.1, 0.15) is 0 Å². The summed E-state index contributed by atoms with van der Waals surface area (Å²) < 4.78 is 5.02. The molecule has 0 aliphatic carbocycles. The molecule has 0 spiro atoms. The third kappa shape index (κ3) is 4.44. The number of thioether (sulfide) groups is 1. The largest absolute Gasteiger partial charge is 0.478 e. The molecule has 0 aliphatic rings. The van der Waals surface area contributed by atoms with Crippen LogP contribution in [-0.2, 0) is 4.74 Å². The molecule has 0 amide bonds. The van der Waals surface area contributed by atoms with Gasteiger partial charge >= 0.3 is 5.97 Å². The molecule has 0 heterocycles. The molecule has 106 valence electrons. The van der Waals surface area contributed by atoms with Gasteiger partial charge < -0.3 is 14.7 Å². The SMILES string of the molecule is CCSc1cccc(N(C)CCCOC)c1C(=O)O. The van der Waals surface area contributed by atoms with Crippen molar-refractivity contribution < 1.29 is 14.6 Å². The van der Waals surface area contributed by atoms with Crippen molar-refractivity contribution in [2.24, 2.45) is 0 Å². The van der Waals surface area contributed by atoms with E-state index in [1.165, 1.54) is 0 Å². The number of hydrogen-bond donors (Lipinski definition) is 1. The number of carbonyl (C=O) groups is 1. The summed E-state index contributed by atoms with van der Waals surface area (Å²) in [5.74, 6) is -0.0120. The average molecular weight is 283 g/mol. The van der Waals surface area contributed by atoms with E-state index >= 15 is 0 Å². The van der Waals surface area contributed by atoms with Crippen LogP contribution in [0.5, 0.6) is 0 Å². The molecule has 0 saturated heterocycles. The molecule has 19 heavy (non-hydrogen) atoms. The molecule has 1 rings (SSSR count). The number of anilines is 1. The van der Waals surface area contributed by atoms with Gasteiger partial charge in [-0.05, 0) is 24.3 Å². The van der Waals surface area contributed by atoms with Gasteiger partial charge in [-0.2, -0.15) is 0 Å². The summed E-state index contributed by atoms with van der Waals surface area (Å²) in [5, 5.41) is 9.43. The van der Waals surface area contributed by atoms with Gasteiger partial charge in [0, 0.05) is 32.2 Å². The lowest BCUT2D eigenvalue weighted by molar-refractivity contribution is 0.0694. The molecule has 0 aliphatic heterocycles. The minimum absolute atomic E-state index is 0.397. The second-order valence-corrected chi connectivity index (χ2v) is 5.46. The van der Waals surface area contributed by atoms with Crippen LogP contribution in [0, 0.1) is 0 Å². The van der Waals surface area contributed by atoms with Crippen molar-refractivity contribution in [3.05, 3.63) is 23.8 Å². The van der Waals surface area contributed by atoms with Crippen LogP contribution in [0.15, 0.2) is 23.1 Å². The molecule has 0 bridgehead atoms. The van der Waals surface area contributed by atoms with E-state index in [2.05, 4.69) is 0 Å². The maximum atomic E-state index is 11.5. The van der Waals surface area contributed by atoms with Gasteiger partial charge in [0.25, 0.3) is 0 Å². The molecule has 1 aromatic carbocycles. The number of ether oxygens (including phenoxy) is 1. The smallest absolute Gasteiger partial charge is 0.338 e. The first-order valence-electron chi connectivity index (χ1n) is 6.31. The minimum Gasteiger partial charge on any atom is -0.478 e. The number of hydrogen-bond acceptors (Lipinski definition) is 4. The lowest BCUT2D eigenvalue weighted by atomic mass is 10.1. The van der Waals surface area contributed by atoms with Gasteiger partial charge in [-0.1, -0.05) is 13.0 Å². The van der Waals surface area contributed by atoms with E-state index in [0.29, 0.717) is 12.2 Å². The molecule has 5 heteroatoms. The van der Waals surface area contributed by atoms with E-state index in [1.807, 2.05) is 37.1 Å². The molecule has 0 saturated carbocycles. The van der Waals surface area contributed by atoms with Gasteiger partial charge in [-0.15, -0.1) is 11.8 Å². The number of benzene rings is 1. The summed E-state index contributed by atoms with van der Waals surface area (Å²) in [4.78, 5) is 14.3. The average Bonchev–Trinajstić information content (AvgIpc) is 2.38. The lowest BCUT2D eigenvalue weighted by Crippen LogP contribution is -2.22. The number of aromatic carboxylic acids is 1. The summed E-state index contributed by atoms with van der Waals surface area (Å²) in [7, 11) is 3.58. The summed E-state index contributed by atoms with van der Waals surface area (Å²) in [5.41, 5.74) is 1.16. The first kappa shape index (κ1) is 15.9. The summed E-state index contributed by atoms with van der Waals surface area (Å²) in [6.45, 7) is 3.47. The van der Waals surface area contributed by atoms with Crippen LogP contribution in [-0.4, -0.2) is 44.1 Å². The fraction of sp³-hybridized carbons (Fsp3) is 0.500. The van der Waals surface area contributed by atoms with Crippen LogP contribution in [0.1, 0.15) is 23.7 Å². The van der Waals surface area contributed by atoms with Crippen LogP contribution < -0.4 is 4.90 Å². The Kier molecular flexibility index (Phi) is 6.73. The van der Waals surface area contributed by atoms with E-state index < -0.39 is 5.97 Å². The Balaban J connectivity index is 2.98. The van der Waals surface area contributed by atoms with E-state index in [9.17, 15) is 9.90 Å². The number of methoxy groups -OCH3 is 1. The predicted octanol–water partition coefficient (Wildman–Crippen LogP) is 2.97. The van der Waals surface area contributed by atoms with Gasteiger partial charge in [0.05, 0.1) is 11.3 Å². The van der Waals surface area contributed by atoms with E-state index in [4.69, 9.17) is 4.74 Å². The van der Waals surface area contributed by atoms with Crippen molar-refractivity contribution in [2.75, 3.05) is 38.0 Å². The highest BCUT2D eigenvalue weighted by atomic mass is 32.2. The summed E-state index contributed by atoms with van der Waals surface area (Å²) in [6, 6.07) is 5.63. The van der Waals surface area contributed by atoms with Gasteiger partial charge in [0.2, 0.25) is 0 Å². The molecule has 1 aromatic rings.